The van der Waals surface area contributed by atoms with Gasteiger partial charge in [-0.2, -0.15) is 0 Å². The Kier molecular flexibility index (Phi) is 12.2. The molecule has 0 aromatic heterocycles. The molecule has 1 aliphatic heterocycles. The lowest BCUT2D eigenvalue weighted by Crippen LogP contribution is -2.54. The first-order valence-corrected chi connectivity index (χ1v) is 12.1. The number of nitrogens with two attached hydrogens (primary N) is 1. The van der Waals surface area contributed by atoms with Crippen LogP contribution in [0.2, 0.25) is 0 Å². The molecule has 0 spiro atoms. The lowest BCUT2D eigenvalue weighted by molar-refractivity contribution is -0.120. The number of aldehydes is 1. The molecular formula is C25H41N5O6. The van der Waals surface area contributed by atoms with Gasteiger partial charge in [-0.15, -0.1) is 0 Å². The zero-order valence-corrected chi connectivity index (χ0v) is 22.2. The highest BCUT2D eigenvalue weighted by atomic mass is 16.6. The van der Waals surface area contributed by atoms with E-state index in [4.69, 9.17) is 10.5 Å². The highest BCUT2D eigenvalue weighted by Crippen LogP contribution is 2.34. The van der Waals surface area contributed by atoms with E-state index >= 15 is 0 Å². The minimum absolute atomic E-state index is 0.00292. The topological polar surface area (TPSA) is 154 Å². The molecule has 1 atom stereocenters. The Morgan fingerprint density at radius 2 is 1.89 bits per heavy atom. The van der Waals surface area contributed by atoms with Gasteiger partial charge in [0.15, 0.2) is 0 Å². The number of rotatable bonds is 8. The van der Waals surface area contributed by atoms with Crippen LogP contribution in [0.15, 0.2) is 12.1 Å². The monoisotopic (exact) mass is 507 g/mol. The molecular weight excluding hydrogens is 466 g/mol. The third kappa shape index (κ3) is 9.03. The number of benzene rings is 1. The predicted octanol–water partition coefficient (Wildman–Crippen LogP) is 2.43. The Balaban J connectivity index is 0.000000613. The van der Waals surface area contributed by atoms with Gasteiger partial charge in [0.2, 0.25) is 5.91 Å². The van der Waals surface area contributed by atoms with Gasteiger partial charge in [0, 0.05) is 64.7 Å². The van der Waals surface area contributed by atoms with Crippen LogP contribution in [0, 0.1) is 0 Å². The van der Waals surface area contributed by atoms with Crippen molar-refractivity contribution in [3.8, 4) is 0 Å². The summed E-state index contributed by atoms with van der Waals surface area (Å²) in [5.41, 5.74) is 7.68. The summed E-state index contributed by atoms with van der Waals surface area (Å²) < 4.78 is 5.46. The van der Waals surface area contributed by atoms with E-state index in [-0.39, 0.29) is 30.2 Å². The number of hydrogen-bond acceptors (Lipinski definition) is 8. The summed E-state index contributed by atoms with van der Waals surface area (Å²) in [4.78, 5) is 47.9. The Bertz CT molecular complexity index is 915. The van der Waals surface area contributed by atoms with Crippen molar-refractivity contribution in [3.05, 3.63) is 23.3 Å². The van der Waals surface area contributed by atoms with E-state index in [0.717, 1.165) is 17.7 Å². The highest BCUT2D eigenvalue weighted by Gasteiger charge is 2.31. The summed E-state index contributed by atoms with van der Waals surface area (Å²) in [6.07, 6.45) is 2.10. The third-order valence-corrected chi connectivity index (χ3v) is 5.57. The summed E-state index contributed by atoms with van der Waals surface area (Å²) in [6, 6.07) is 3.43. The molecule has 202 valence electrons. The standard InChI is InChI=1S/C19H30N4O4.C6H11NO2/c1-12-11-22(18(26)27-19(2,3)4)8-9-23(12)15-7-6-13(17(24)25)14(10-20)16(15)21-5;1-7-6(9)4-2-3-5-8/h6-7,12,21H,8-11,20H2,1-5H3,(H,24,25);5H,2-4H2,1H3,(H,7,9). The second-order valence-corrected chi connectivity index (χ2v) is 9.45. The number of carboxylic acid groups (broad SMARTS) is 1. The predicted molar refractivity (Wildman–Crippen MR) is 139 cm³/mol. The highest BCUT2D eigenvalue weighted by molar-refractivity contribution is 5.94. The second-order valence-electron chi connectivity index (χ2n) is 9.45. The van der Waals surface area contributed by atoms with Crippen LogP contribution >= 0.6 is 0 Å². The van der Waals surface area contributed by atoms with Crippen LogP contribution in [0.25, 0.3) is 0 Å². The van der Waals surface area contributed by atoms with E-state index in [9.17, 15) is 24.3 Å². The number of nitrogens with one attached hydrogen (secondary N) is 2. The molecule has 0 radical (unpaired) electrons. The third-order valence-electron chi connectivity index (χ3n) is 5.57. The first kappa shape index (κ1) is 30.7. The first-order valence-electron chi connectivity index (χ1n) is 12.1. The number of amides is 2. The second kappa shape index (κ2) is 14.3. The molecule has 5 N–H and O–H groups in total. The van der Waals surface area contributed by atoms with Gasteiger partial charge >= 0.3 is 12.1 Å². The Morgan fingerprint density at radius 3 is 2.36 bits per heavy atom. The molecule has 0 bridgehead atoms. The number of carbonyl (C=O) groups excluding carboxylic acids is 3. The van der Waals surface area contributed by atoms with Crippen LogP contribution in [-0.2, 0) is 20.9 Å². The van der Waals surface area contributed by atoms with Crippen LogP contribution in [0.4, 0.5) is 16.2 Å². The molecule has 11 nitrogen and oxygen atoms in total. The number of ether oxygens (including phenoxy) is 1. The molecule has 1 heterocycles. The van der Waals surface area contributed by atoms with Crippen molar-refractivity contribution in [2.24, 2.45) is 5.73 Å². The average molecular weight is 508 g/mol. The molecule has 0 saturated carbocycles. The fourth-order valence-corrected chi connectivity index (χ4v) is 3.84. The van der Waals surface area contributed by atoms with Crippen molar-refractivity contribution in [2.75, 3.05) is 43.9 Å². The van der Waals surface area contributed by atoms with E-state index in [1.54, 1.807) is 31.1 Å². The van der Waals surface area contributed by atoms with Gasteiger partial charge in [0.1, 0.15) is 11.9 Å². The summed E-state index contributed by atoms with van der Waals surface area (Å²) in [5, 5.41) is 15.0. The number of aromatic carboxylic acids is 1. The quantitative estimate of drug-likeness (QED) is 0.307. The van der Waals surface area contributed by atoms with Gasteiger partial charge in [-0.05, 0) is 46.2 Å². The average Bonchev–Trinajstić information content (AvgIpc) is 2.82. The number of nitrogens with zero attached hydrogens (tertiary/aromatic N) is 2. The first-order chi connectivity index (χ1) is 16.9. The zero-order valence-electron chi connectivity index (χ0n) is 22.2. The maximum atomic E-state index is 12.3. The number of anilines is 2. The fraction of sp³-hybridized carbons (Fsp3) is 0.600. The summed E-state index contributed by atoms with van der Waals surface area (Å²) >= 11 is 0. The number of piperazine rings is 1. The van der Waals surface area contributed by atoms with Crippen molar-refractivity contribution in [2.45, 2.75) is 65.1 Å². The molecule has 1 unspecified atom stereocenters. The van der Waals surface area contributed by atoms with E-state index in [1.165, 1.54) is 0 Å². The van der Waals surface area contributed by atoms with Gasteiger partial charge < -0.3 is 40.8 Å². The van der Waals surface area contributed by atoms with Crippen molar-refractivity contribution < 1.29 is 29.0 Å². The molecule has 1 fully saturated rings. The maximum absolute atomic E-state index is 12.3. The van der Waals surface area contributed by atoms with Gasteiger partial charge in [0.05, 0.1) is 16.9 Å². The van der Waals surface area contributed by atoms with E-state index < -0.39 is 11.6 Å². The Morgan fingerprint density at radius 1 is 1.22 bits per heavy atom. The molecule has 11 heteroatoms. The van der Waals surface area contributed by atoms with Crippen molar-refractivity contribution >= 4 is 35.6 Å². The normalized spacial score (nSPS) is 15.4. The van der Waals surface area contributed by atoms with Crippen LogP contribution in [-0.4, -0.2) is 79.6 Å². The van der Waals surface area contributed by atoms with E-state index in [0.29, 0.717) is 44.5 Å². The molecule has 1 saturated heterocycles. The van der Waals surface area contributed by atoms with Gasteiger partial charge in [-0.1, -0.05) is 0 Å². The van der Waals surface area contributed by atoms with Gasteiger partial charge in [-0.3, -0.25) is 4.79 Å². The van der Waals surface area contributed by atoms with Crippen LogP contribution < -0.4 is 21.3 Å². The summed E-state index contributed by atoms with van der Waals surface area (Å²) in [6.45, 7) is 9.37. The number of carbonyl (C=O) groups is 4. The lowest BCUT2D eigenvalue weighted by atomic mass is 10.0. The SMILES string of the molecule is CNC(=O)CCCC=O.CNc1c(N2CCN(C(=O)OC(C)(C)C)CC2C)ccc(C(=O)O)c1CN. The lowest BCUT2D eigenvalue weighted by Gasteiger charge is -2.42. The summed E-state index contributed by atoms with van der Waals surface area (Å²) in [7, 11) is 3.34. The van der Waals surface area contributed by atoms with Crippen LogP contribution in [0.1, 0.15) is 62.9 Å². The van der Waals surface area contributed by atoms with Crippen molar-refractivity contribution in [1.29, 1.82) is 0 Å². The maximum Gasteiger partial charge on any atom is 0.410 e. The molecule has 36 heavy (non-hydrogen) atoms. The minimum atomic E-state index is -0.999. The zero-order chi connectivity index (χ0) is 27.5. The number of unbranched alkanes of at least 4 members (excludes halogenated alkanes) is 1. The minimum Gasteiger partial charge on any atom is -0.478 e. The largest absolute Gasteiger partial charge is 0.478 e. The van der Waals surface area contributed by atoms with Crippen molar-refractivity contribution in [1.82, 2.24) is 10.2 Å². The molecule has 1 aromatic rings. The number of carboxylic acids is 1. The smallest absolute Gasteiger partial charge is 0.410 e. The molecule has 2 rings (SSSR count). The van der Waals surface area contributed by atoms with Crippen LogP contribution in [0.3, 0.4) is 0 Å². The van der Waals surface area contributed by atoms with Crippen molar-refractivity contribution in [3.63, 3.8) is 0 Å². The van der Waals surface area contributed by atoms with E-state index in [1.807, 2.05) is 27.7 Å². The Labute approximate surface area is 213 Å². The molecule has 2 amide bonds. The van der Waals surface area contributed by atoms with Gasteiger partial charge in [0.25, 0.3) is 0 Å². The number of hydrogen-bond donors (Lipinski definition) is 4. The molecule has 0 aliphatic carbocycles. The fourth-order valence-electron chi connectivity index (χ4n) is 3.84. The summed E-state index contributed by atoms with van der Waals surface area (Å²) in [5.74, 6) is -1.00. The molecule has 1 aromatic carbocycles. The molecule has 1 aliphatic rings. The van der Waals surface area contributed by atoms with Crippen LogP contribution in [0.5, 0.6) is 0 Å². The van der Waals surface area contributed by atoms with E-state index in [2.05, 4.69) is 15.5 Å². The Hall–Kier alpha value is -3.34. The van der Waals surface area contributed by atoms with Gasteiger partial charge in [-0.25, -0.2) is 9.59 Å².